The van der Waals surface area contributed by atoms with E-state index in [0.29, 0.717) is 5.92 Å². The highest BCUT2D eigenvalue weighted by molar-refractivity contribution is 5.73. The number of rotatable bonds is 1. The van der Waals surface area contributed by atoms with E-state index in [4.69, 9.17) is 4.74 Å². The first-order valence-corrected chi connectivity index (χ1v) is 7.28. The fourth-order valence-electron chi connectivity index (χ4n) is 6.35. The van der Waals surface area contributed by atoms with Crippen LogP contribution in [-0.4, -0.2) is 13.1 Å². The molecule has 8 unspecified atom stereocenters. The van der Waals surface area contributed by atoms with Gasteiger partial charge >= 0.3 is 5.97 Å². The molecular formula is C15H22O2. The first-order valence-electron chi connectivity index (χ1n) is 7.28. The van der Waals surface area contributed by atoms with Crippen molar-refractivity contribution in [2.45, 2.75) is 32.6 Å². The molecule has 4 rings (SSSR count). The van der Waals surface area contributed by atoms with E-state index in [0.717, 1.165) is 41.9 Å². The number of hydrogen-bond donors (Lipinski definition) is 0. The van der Waals surface area contributed by atoms with Crippen molar-refractivity contribution in [3.05, 3.63) is 0 Å². The molecule has 0 radical (unpaired) electrons. The van der Waals surface area contributed by atoms with Crippen molar-refractivity contribution in [3.8, 4) is 0 Å². The summed E-state index contributed by atoms with van der Waals surface area (Å²) in [5.74, 6) is 6.63. The molecule has 17 heavy (non-hydrogen) atoms. The molecule has 0 aromatic heterocycles. The number of esters is 1. The van der Waals surface area contributed by atoms with Gasteiger partial charge in [0.25, 0.3) is 0 Å². The first kappa shape index (κ1) is 10.4. The van der Waals surface area contributed by atoms with Gasteiger partial charge in [0.2, 0.25) is 0 Å². The molecule has 0 aromatic rings. The zero-order valence-corrected chi connectivity index (χ0v) is 10.8. The quantitative estimate of drug-likeness (QED) is 0.515. The van der Waals surface area contributed by atoms with Gasteiger partial charge in [0.05, 0.1) is 13.0 Å². The number of carbonyl (C=O) groups is 1. The number of ether oxygens (including phenoxy) is 1. The van der Waals surface area contributed by atoms with Crippen molar-refractivity contribution in [1.82, 2.24) is 0 Å². The summed E-state index contributed by atoms with van der Waals surface area (Å²) in [6, 6.07) is 0. The fourth-order valence-corrected chi connectivity index (χ4v) is 6.35. The van der Waals surface area contributed by atoms with Crippen molar-refractivity contribution < 1.29 is 9.53 Å². The lowest BCUT2D eigenvalue weighted by Crippen LogP contribution is -2.37. The molecule has 2 nitrogen and oxygen atoms in total. The monoisotopic (exact) mass is 234 g/mol. The molecule has 4 saturated carbocycles. The SMILES string of the molecule is COC(=O)C1CC2CC1C1C3CC(C)C(C3)C21. The van der Waals surface area contributed by atoms with Gasteiger partial charge in [-0.15, -0.1) is 0 Å². The van der Waals surface area contributed by atoms with Crippen molar-refractivity contribution in [1.29, 1.82) is 0 Å². The van der Waals surface area contributed by atoms with Crippen molar-refractivity contribution in [3.63, 3.8) is 0 Å². The lowest BCUT2D eigenvalue weighted by Gasteiger charge is -2.39. The molecule has 0 spiro atoms. The van der Waals surface area contributed by atoms with Crippen molar-refractivity contribution in [2.24, 2.45) is 47.3 Å². The minimum absolute atomic E-state index is 0.0757. The van der Waals surface area contributed by atoms with E-state index in [-0.39, 0.29) is 11.9 Å². The van der Waals surface area contributed by atoms with Crippen LogP contribution in [0.5, 0.6) is 0 Å². The molecule has 0 aliphatic heterocycles. The Morgan fingerprint density at radius 2 is 1.65 bits per heavy atom. The Kier molecular flexibility index (Phi) is 2.00. The van der Waals surface area contributed by atoms with E-state index >= 15 is 0 Å². The average Bonchev–Trinajstić information content (AvgIpc) is 3.02. The van der Waals surface area contributed by atoms with E-state index < -0.39 is 0 Å². The zero-order valence-electron chi connectivity index (χ0n) is 10.8. The van der Waals surface area contributed by atoms with Crippen LogP contribution in [0.4, 0.5) is 0 Å². The Labute approximate surface area is 103 Å². The van der Waals surface area contributed by atoms with E-state index in [1.165, 1.54) is 19.3 Å². The van der Waals surface area contributed by atoms with Crippen LogP contribution < -0.4 is 0 Å². The Balaban J connectivity index is 1.62. The Morgan fingerprint density at radius 1 is 1.00 bits per heavy atom. The average molecular weight is 234 g/mol. The molecule has 94 valence electrons. The van der Waals surface area contributed by atoms with Crippen LogP contribution in [0.25, 0.3) is 0 Å². The van der Waals surface area contributed by atoms with Crippen LogP contribution in [0.3, 0.4) is 0 Å². The Bertz CT molecular complexity index is 364. The molecule has 0 N–H and O–H groups in total. The van der Waals surface area contributed by atoms with Crippen LogP contribution in [0.2, 0.25) is 0 Å². The second kappa shape index (κ2) is 3.27. The van der Waals surface area contributed by atoms with Crippen LogP contribution in [0.15, 0.2) is 0 Å². The maximum absolute atomic E-state index is 11.8. The number of fused-ring (bicyclic) bond motifs is 9. The summed E-state index contributed by atoms with van der Waals surface area (Å²) in [6.45, 7) is 2.45. The van der Waals surface area contributed by atoms with Gasteiger partial charge in [-0.25, -0.2) is 0 Å². The Morgan fingerprint density at radius 3 is 2.41 bits per heavy atom. The van der Waals surface area contributed by atoms with E-state index in [1.54, 1.807) is 7.11 Å². The molecule has 0 amide bonds. The molecule has 4 aliphatic carbocycles. The maximum atomic E-state index is 11.8. The molecule has 2 heteroatoms. The topological polar surface area (TPSA) is 26.3 Å². The molecule has 8 atom stereocenters. The molecule has 4 aliphatic rings. The van der Waals surface area contributed by atoms with Gasteiger partial charge in [-0.3, -0.25) is 4.79 Å². The van der Waals surface area contributed by atoms with Crippen molar-refractivity contribution in [2.75, 3.05) is 7.11 Å². The number of hydrogen-bond acceptors (Lipinski definition) is 2. The first-order chi connectivity index (χ1) is 8.20. The van der Waals surface area contributed by atoms with Gasteiger partial charge in [0.15, 0.2) is 0 Å². The van der Waals surface area contributed by atoms with Gasteiger partial charge in [-0.05, 0) is 67.1 Å². The van der Waals surface area contributed by atoms with Crippen LogP contribution >= 0.6 is 0 Å². The van der Waals surface area contributed by atoms with Crippen LogP contribution in [-0.2, 0) is 9.53 Å². The largest absolute Gasteiger partial charge is 0.469 e. The normalized spacial score (nSPS) is 58.5. The molecular weight excluding hydrogens is 212 g/mol. The second-order valence-electron chi connectivity index (χ2n) is 7.05. The minimum atomic E-state index is 0.0757. The van der Waals surface area contributed by atoms with Crippen LogP contribution in [0, 0.1) is 47.3 Å². The summed E-state index contributed by atoms with van der Waals surface area (Å²) in [6.07, 6.45) is 5.36. The predicted molar refractivity (Wildman–Crippen MR) is 64.1 cm³/mol. The lowest BCUT2D eigenvalue weighted by molar-refractivity contribution is -0.149. The van der Waals surface area contributed by atoms with Crippen molar-refractivity contribution >= 4 is 5.97 Å². The summed E-state index contributed by atoms with van der Waals surface area (Å²) in [5.41, 5.74) is 0. The smallest absolute Gasteiger partial charge is 0.308 e. The molecule has 0 heterocycles. The zero-order chi connectivity index (χ0) is 11.7. The van der Waals surface area contributed by atoms with Gasteiger partial charge in [-0.1, -0.05) is 6.92 Å². The summed E-state index contributed by atoms with van der Waals surface area (Å²) in [4.78, 5) is 11.8. The van der Waals surface area contributed by atoms with Gasteiger partial charge in [0, 0.05) is 0 Å². The van der Waals surface area contributed by atoms with E-state index in [9.17, 15) is 4.79 Å². The third-order valence-corrected chi connectivity index (χ3v) is 6.65. The third-order valence-electron chi connectivity index (χ3n) is 6.65. The number of carbonyl (C=O) groups excluding carboxylic acids is 1. The third kappa shape index (κ3) is 1.15. The van der Waals surface area contributed by atoms with Gasteiger partial charge in [-0.2, -0.15) is 0 Å². The summed E-state index contributed by atoms with van der Waals surface area (Å²) < 4.78 is 5.00. The highest BCUT2D eigenvalue weighted by Crippen LogP contribution is 2.70. The predicted octanol–water partition coefficient (Wildman–Crippen LogP) is 2.72. The molecule has 0 saturated heterocycles. The molecule has 4 fully saturated rings. The van der Waals surface area contributed by atoms with Gasteiger partial charge in [0.1, 0.15) is 0 Å². The standard InChI is InChI=1S/C15H22O2/c1-7-3-8-4-10(7)13-9-5-11(14(8)13)12(6-9)15(16)17-2/h7-14H,3-6H2,1-2H3. The highest BCUT2D eigenvalue weighted by atomic mass is 16.5. The van der Waals surface area contributed by atoms with E-state index in [2.05, 4.69) is 6.92 Å². The molecule has 4 bridgehead atoms. The Hall–Kier alpha value is -0.530. The summed E-state index contributed by atoms with van der Waals surface area (Å²) in [7, 11) is 1.55. The fraction of sp³-hybridized carbons (Fsp3) is 0.933. The van der Waals surface area contributed by atoms with Crippen LogP contribution in [0.1, 0.15) is 32.6 Å². The summed E-state index contributed by atoms with van der Waals surface area (Å²) >= 11 is 0. The van der Waals surface area contributed by atoms with Gasteiger partial charge < -0.3 is 4.74 Å². The lowest BCUT2D eigenvalue weighted by atomic mass is 9.65. The summed E-state index contributed by atoms with van der Waals surface area (Å²) in [5, 5.41) is 0. The second-order valence-corrected chi connectivity index (χ2v) is 7.05. The maximum Gasteiger partial charge on any atom is 0.308 e. The minimum Gasteiger partial charge on any atom is -0.469 e. The highest BCUT2D eigenvalue weighted by Gasteiger charge is 2.64. The number of methoxy groups -OCH3 is 1. The van der Waals surface area contributed by atoms with E-state index in [1.807, 2.05) is 0 Å². The molecule has 0 aromatic carbocycles.